The number of benzene rings is 1. The Hall–Kier alpha value is -2.05. The standard InChI is InChI=1S/C18H21Cl2N5O/c1-13(26)24-6-8-25(9-7-24)18-11-17(22-12-23-18)21-5-4-14-2-3-15(19)10-16(14)20/h2-3,10-12H,4-9H2,1H3,(H,21,22,23). The first-order chi connectivity index (χ1) is 12.5. The summed E-state index contributed by atoms with van der Waals surface area (Å²) in [6.07, 6.45) is 2.33. The van der Waals surface area contributed by atoms with Crippen LogP contribution in [0.4, 0.5) is 11.6 Å². The third-order valence-corrected chi connectivity index (χ3v) is 5.00. The van der Waals surface area contributed by atoms with Crippen molar-refractivity contribution >= 4 is 40.7 Å². The van der Waals surface area contributed by atoms with Crippen molar-refractivity contribution in [2.45, 2.75) is 13.3 Å². The van der Waals surface area contributed by atoms with E-state index in [1.165, 1.54) is 0 Å². The predicted molar refractivity (Wildman–Crippen MR) is 105 cm³/mol. The van der Waals surface area contributed by atoms with E-state index in [-0.39, 0.29) is 5.91 Å². The smallest absolute Gasteiger partial charge is 0.219 e. The molecule has 1 amide bonds. The van der Waals surface area contributed by atoms with E-state index in [1.54, 1.807) is 19.3 Å². The molecule has 0 saturated carbocycles. The number of nitrogens with zero attached hydrogens (tertiary/aromatic N) is 4. The molecule has 0 atom stereocenters. The number of nitrogens with one attached hydrogen (secondary N) is 1. The number of aromatic nitrogens is 2. The molecule has 0 spiro atoms. The third-order valence-electron chi connectivity index (χ3n) is 4.42. The summed E-state index contributed by atoms with van der Waals surface area (Å²) in [5.41, 5.74) is 1.04. The number of amides is 1. The lowest BCUT2D eigenvalue weighted by atomic mass is 10.1. The molecular formula is C18H21Cl2N5O. The van der Waals surface area contributed by atoms with Crippen molar-refractivity contribution < 1.29 is 4.79 Å². The van der Waals surface area contributed by atoms with Crippen LogP contribution < -0.4 is 10.2 Å². The van der Waals surface area contributed by atoms with Crippen molar-refractivity contribution in [3.8, 4) is 0 Å². The van der Waals surface area contributed by atoms with Gasteiger partial charge < -0.3 is 15.1 Å². The predicted octanol–water partition coefficient (Wildman–Crippen LogP) is 3.11. The van der Waals surface area contributed by atoms with Crippen LogP contribution in [0.1, 0.15) is 12.5 Å². The molecule has 1 saturated heterocycles. The molecule has 138 valence electrons. The molecule has 1 aromatic carbocycles. The second-order valence-corrected chi connectivity index (χ2v) is 7.01. The molecule has 3 rings (SSSR count). The Bertz CT molecular complexity index is 778. The van der Waals surface area contributed by atoms with Gasteiger partial charge in [-0.3, -0.25) is 4.79 Å². The van der Waals surface area contributed by atoms with Crippen LogP contribution in [0.25, 0.3) is 0 Å². The highest BCUT2D eigenvalue weighted by atomic mass is 35.5. The monoisotopic (exact) mass is 393 g/mol. The zero-order valence-electron chi connectivity index (χ0n) is 14.6. The first kappa shape index (κ1) is 18.7. The molecule has 1 N–H and O–H groups in total. The van der Waals surface area contributed by atoms with Crippen LogP contribution in [0, 0.1) is 0 Å². The first-order valence-corrected chi connectivity index (χ1v) is 9.29. The maximum atomic E-state index is 11.4. The molecular weight excluding hydrogens is 373 g/mol. The molecule has 0 bridgehead atoms. The number of hydrogen-bond donors (Lipinski definition) is 1. The molecule has 26 heavy (non-hydrogen) atoms. The van der Waals surface area contributed by atoms with Gasteiger partial charge in [-0.1, -0.05) is 29.3 Å². The number of piperazine rings is 1. The van der Waals surface area contributed by atoms with Gasteiger partial charge in [0.05, 0.1) is 0 Å². The van der Waals surface area contributed by atoms with Crippen molar-refractivity contribution in [3.05, 3.63) is 46.2 Å². The van der Waals surface area contributed by atoms with Gasteiger partial charge in [-0.25, -0.2) is 9.97 Å². The third kappa shape index (κ3) is 4.77. The average Bonchev–Trinajstić information content (AvgIpc) is 2.64. The van der Waals surface area contributed by atoms with E-state index in [0.717, 1.165) is 49.8 Å². The van der Waals surface area contributed by atoms with Crippen molar-refractivity contribution in [1.29, 1.82) is 0 Å². The Morgan fingerprint density at radius 2 is 1.92 bits per heavy atom. The minimum Gasteiger partial charge on any atom is -0.370 e. The fourth-order valence-corrected chi connectivity index (χ4v) is 3.42. The van der Waals surface area contributed by atoms with Crippen LogP contribution in [0.15, 0.2) is 30.6 Å². The highest BCUT2D eigenvalue weighted by Gasteiger charge is 2.19. The zero-order chi connectivity index (χ0) is 18.5. The van der Waals surface area contributed by atoms with Crippen molar-refractivity contribution in [1.82, 2.24) is 14.9 Å². The van der Waals surface area contributed by atoms with E-state index in [1.807, 2.05) is 23.1 Å². The van der Waals surface area contributed by atoms with E-state index < -0.39 is 0 Å². The summed E-state index contributed by atoms with van der Waals surface area (Å²) in [6.45, 7) is 5.30. The number of carbonyl (C=O) groups is 1. The van der Waals surface area contributed by atoms with Gasteiger partial charge in [-0.15, -0.1) is 0 Å². The molecule has 2 heterocycles. The second-order valence-electron chi connectivity index (χ2n) is 6.17. The number of rotatable bonds is 5. The van der Waals surface area contributed by atoms with Gasteiger partial charge in [0.1, 0.15) is 18.0 Å². The van der Waals surface area contributed by atoms with E-state index in [9.17, 15) is 4.79 Å². The van der Waals surface area contributed by atoms with Crippen LogP contribution in [0.3, 0.4) is 0 Å². The van der Waals surface area contributed by atoms with E-state index in [0.29, 0.717) is 16.6 Å². The van der Waals surface area contributed by atoms with Gasteiger partial charge in [0, 0.05) is 55.8 Å². The van der Waals surface area contributed by atoms with Crippen molar-refractivity contribution in [3.63, 3.8) is 0 Å². The summed E-state index contributed by atoms with van der Waals surface area (Å²) in [7, 11) is 0. The quantitative estimate of drug-likeness (QED) is 0.845. The lowest BCUT2D eigenvalue weighted by Gasteiger charge is -2.34. The number of carbonyl (C=O) groups excluding carboxylic acids is 1. The maximum Gasteiger partial charge on any atom is 0.219 e. The highest BCUT2D eigenvalue weighted by Crippen LogP contribution is 2.21. The van der Waals surface area contributed by atoms with Crippen LogP contribution in [-0.2, 0) is 11.2 Å². The Balaban J connectivity index is 1.55. The van der Waals surface area contributed by atoms with Gasteiger partial charge in [0.25, 0.3) is 0 Å². The SMILES string of the molecule is CC(=O)N1CCN(c2cc(NCCc3ccc(Cl)cc3Cl)ncn2)CC1. The van der Waals surface area contributed by atoms with Crippen LogP contribution >= 0.6 is 23.2 Å². The Morgan fingerprint density at radius 3 is 2.62 bits per heavy atom. The Kier molecular flexibility index (Phi) is 6.16. The summed E-state index contributed by atoms with van der Waals surface area (Å²) < 4.78 is 0. The molecule has 1 aromatic heterocycles. The fourth-order valence-electron chi connectivity index (χ4n) is 2.92. The Morgan fingerprint density at radius 1 is 1.15 bits per heavy atom. The highest BCUT2D eigenvalue weighted by molar-refractivity contribution is 6.35. The summed E-state index contributed by atoms with van der Waals surface area (Å²) >= 11 is 12.1. The Labute approximate surface area is 163 Å². The molecule has 0 radical (unpaired) electrons. The lowest BCUT2D eigenvalue weighted by Crippen LogP contribution is -2.48. The van der Waals surface area contributed by atoms with E-state index >= 15 is 0 Å². The minimum atomic E-state index is 0.121. The number of hydrogen-bond acceptors (Lipinski definition) is 5. The molecule has 6 nitrogen and oxygen atoms in total. The fraction of sp³-hybridized carbons (Fsp3) is 0.389. The molecule has 8 heteroatoms. The van der Waals surface area contributed by atoms with Crippen LogP contribution in [0.5, 0.6) is 0 Å². The van der Waals surface area contributed by atoms with Gasteiger partial charge in [-0.2, -0.15) is 0 Å². The van der Waals surface area contributed by atoms with Gasteiger partial charge >= 0.3 is 0 Å². The average molecular weight is 394 g/mol. The van der Waals surface area contributed by atoms with Crippen LogP contribution in [-0.4, -0.2) is 53.5 Å². The first-order valence-electron chi connectivity index (χ1n) is 8.53. The van der Waals surface area contributed by atoms with Crippen LogP contribution in [0.2, 0.25) is 10.0 Å². The van der Waals surface area contributed by atoms with Gasteiger partial charge in [0.2, 0.25) is 5.91 Å². The lowest BCUT2D eigenvalue weighted by molar-refractivity contribution is -0.129. The molecule has 0 aliphatic carbocycles. The molecule has 0 unspecified atom stereocenters. The molecule has 1 fully saturated rings. The molecule has 1 aliphatic rings. The number of halogens is 2. The van der Waals surface area contributed by atoms with E-state index in [2.05, 4.69) is 20.2 Å². The summed E-state index contributed by atoms with van der Waals surface area (Å²) in [5, 5.41) is 4.62. The molecule has 2 aromatic rings. The van der Waals surface area contributed by atoms with Crippen molar-refractivity contribution in [2.24, 2.45) is 0 Å². The van der Waals surface area contributed by atoms with E-state index in [4.69, 9.17) is 23.2 Å². The second kappa shape index (κ2) is 8.56. The topological polar surface area (TPSA) is 61.4 Å². The largest absolute Gasteiger partial charge is 0.370 e. The summed E-state index contributed by atoms with van der Waals surface area (Å²) in [6, 6.07) is 7.47. The zero-order valence-corrected chi connectivity index (χ0v) is 16.1. The van der Waals surface area contributed by atoms with Crippen molar-refractivity contribution in [2.75, 3.05) is 42.9 Å². The number of anilines is 2. The molecule has 1 aliphatic heterocycles. The maximum absolute atomic E-state index is 11.4. The minimum absolute atomic E-state index is 0.121. The summed E-state index contributed by atoms with van der Waals surface area (Å²) in [5.74, 6) is 1.76. The summed E-state index contributed by atoms with van der Waals surface area (Å²) in [4.78, 5) is 24.1. The normalized spacial score (nSPS) is 14.4. The van der Waals surface area contributed by atoms with Gasteiger partial charge in [-0.05, 0) is 24.1 Å². The van der Waals surface area contributed by atoms with Gasteiger partial charge in [0.15, 0.2) is 0 Å².